The van der Waals surface area contributed by atoms with Gasteiger partial charge in [-0.2, -0.15) is 0 Å². The van der Waals surface area contributed by atoms with Crippen molar-refractivity contribution in [2.24, 2.45) is 7.05 Å². The summed E-state index contributed by atoms with van der Waals surface area (Å²) in [5.74, 6) is 0.254. The highest BCUT2D eigenvalue weighted by atomic mass is 16.5. The zero-order valence-electron chi connectivity index (χ0n) is 15.8. The maximum Gasteiger partial charge on any atom is 0.223 e. The van der Waals surface area contributed by atoms with Gasteiger partial charge < -0.3 is 19.5 Å². The van der Waals surface area contributed by atoms with Crippen LogP contribution in [-0.4, -0.2) is 76.1 Å². The van der Waals surface area contributed by atoms with Crippen molar-refractivity contribution in [2.45, 2.75) is 25.3 Å². The van der Waals surface area contributed by atoms with E-state index in [-0.39, 0.29) is 11.8 Å². The van der Waals surface area contributed by atoms with Crippen LogP contribution in [0.25, 0.3) is 0 Å². The quantitative estimate of drug-likeness (QED) is 0.704. The van der Waals surface area contributed by atoms with Gasteiger partial charge >= 0.3 is 0 Å². The first-order valence-corrected chi connectivity index (χ1v) is 9.05. The SMILES string of the molecule is CN(C)CCOCC1CN(C(=O)CCc2ccc[nH]2)Cc2nnn(C)c21. The van der Waals surface area contributed by atoms with E-state index in [1.165, 1.54) is 0 Å². The van der Waals surface area contributed by atoms with Gasteiger partial charge in [-0.25, -0.2) is 0 Å². The molecular weight excluding hydrogens is 332 g/mol. The fraction of sp³-hybridized carbons (Fsp3) is 0.611. The summed E-state index contributed by atoms with van der Waals surface area (Å²) in [7, 11) is 5.96. The molecule has 0 fully saturated rings. The molecule has 26 heavy (non-hydrogen) atoms. The molecule has 0 bridgehead atoms. The Bertz CT molecular complexity index is 709. The molecule has 0 saturated heterocycles. The van der Waals surface area contributed by atoms with Crippen LogP contribution >= 0.6 is 0 Å². The average molecular weight is 360 g/mol. The Hall–Kier alpha value is -2.19. The molecule has 3 heterocycles. The van der Waals surface area contributed by atoms with Crippen LogP contribution in [0.3, 0.4) is 0 Å². The van der Waals surface area contributed by atoms with Crippen molar-refractivity contribution in [3.05, 3.63) is 35.4 Å². The van der Waals surface area contributed by atoms with Crippen LogP contribution in [0.2, 0.25) is 0 Å². The smallest absolute Gasteiger partial charge is 0.223 e. The molecule has 142 valence electrons. The maximum absolute atomic E-state index is 12.7. The number of ether oxygens (including phenoxy) is 1. The van der Waals surface area contributed by atoms with Crippen LogP contribution in [0, 0.1) is 0 Å². The predicted octanol–water partition coefficient (Wildman–Crippen LogP) is 0.780. The third-order valence-corrected chi connectivity index (χ3v) is 4.74. The number of rotatable bonds is 8. The lowest BCUT2D eigenvalue weighted by molar-refractivity contribution is -0.132. The molecular formula is C18H28N6O2. The second-order valence-electron chi connectivity index (χ2n) is 7.09. The molecule has 2 aromatic rings. The number of hydrogen-bond acceptors (Lipinski definition) is 5. The lowest BCUT2D eigenvalue weighted by Gasteiger charge is -2.32. The number of amides is 1. The molecule has 1 unspecified atom stereocenters. The molecule has 8 heteroatoms. The first-order chi connectivity index (χ1) is 12.5. The van der Waals surface area contributed by atoms with E-state index in [2.05, 4.69) is 20.2 Å². The highest BCUT2D eigenvalue weighted by molar-refractivity contribution is 5.76. The summed E-state index contributed by atoms with van der Waals surface area (Å²) < 4.78 is 7.67. The molecule has 0 aliphatic carbocycles. The number of nitrogens with one attached hydrogen (secondary N) is 1. The topological polar surface area (TPSA) is 79.3 Å². The molecule has 0 aromatic carbocycles. The van der Waals surface area contributed by atoms with E-state index in [0.717, 1.165) is 30.0 Å². The third-order valence-electron chi connectivity index (χ3n) is 4.74. The highest BCUT2D eigenvalue weighted by Crippen LogP contribution is 2.27. The van der Waals surface area contributed by atoms with Crippen LogP contribution in [0.5, 0.6) is 0 Å². The van der Waals surface area contributed by atoms with Crippen LogP contribution in [0.1, 0.15) is 29.4 Å². The lowest BCUT2D eigenvalue weighted by atomic mass is 9.98. The number of carbonyl (C=O) groups excluding carboxylic acids is 1. The number of hydrogen-bond donors (Lipinski definition) is 1. The Kier molecular flexibility index (Phi) is 6.05. The number of likely N-dealkylation sites (N-methyl/N-ethyl adjacent to an activating group) is 1. The van der Waals surface area contributed by atoms with Crippen molar-refractivity contribution in [1.29, 1.82) is 0 Å². The summed E-state index contributed by atoms with van der Waals surface area (Å²) in [6.45, 7) is 3.30. The van der Waals surface area contributed by atoms with Gasteiger partial charge in [-0.05, 0) is 32.6 Å². The summed E-state index contributed by atoms with van der Waals surface area (Å²) in [6.07, 6.45) is 3.09. The minimum absolute atomic E-state index is 0.107. The summed E-state index contributed by atoms with van der Waals surface area (Å²) >= 11 is 0. The summed E-state index contributed by atoms with van der Waals surface area (Å²) in [5.41, 5.74) is 3.05. The number of aromatic amines is 1. The monoisotopic (exact) mass is 360 g/mol. The molecule has 3 rings (SSSR count). The molecule has 1 aliphatic heterocycles. The normalized spacial score (nSPS) is 16.9. The molecule has 1 amide bonds. The number of H-pyrrole nitrogens is 1. The Morgan fingerprint density at radius 1 is 1.46 bits per heavy atom. The van der Waals surface area contributed by atoms with Crippen molar-refractivity contribution in [3.63, 3.8) is 0 Å². The van der Waals surface area contributed by atoms with Crippen molar-refractivity contribution in [2.75, 3.05) is 40.4 Å². The van der Waals surface area contributed by atoms with Crippen molar-refractivity contribution in [3.8, 4) is 0 Å². The van der Waals surface area contributed by atoms with E-state index in [1.54, 1.807) is 0 Å². The number of carbonyl (C=O) groups is 1. The van der Waals surface area contributed by atoms with Gasteiger partial charge in [0, 0.05) is 44.4 Å². The van der Waals surface area contributed by atoms with Gasteiger partial charge in [0.15, 0.2) is 0 Å². The fourth-order valence-corrected chi connectivity index (χ4v) is 3.33. The van der Waals surface area contributed by atoms with E-state index < -0.39 is 0 Å². The van der Waals surface area contributed by atoms with Gasteiger partial charge in [0.25, 0.3) is 0 Å². The summed E-state index contributed by atoms with van der Waals surface area (Å²) in [5, 5.41) is 8.40. The third kappa shape index (κ3) is 4.50. The Morgan fingerprint density at radius 3 is 3.04 bits per heavy atom. The molecule has 1 atom stereocenters. The molecule has 8 nitrogen and oxygen atoms in total. The van der Waals surface area contributed by atoms with E-state index in [0.29, 0.717) is 32.7 Å². The number of aryl methyl sites for hydroxylation is 2. The fourth-order valence-electron chi connectivity index (χ4n) is 3.33. The minimum Gasteiger partial charge on any atom is -0.379 e. The van der Waals surface area contributed by atoms with Crippen LogP contribution in [0.4, 0.5) is 0 Å². The summed E-state index contributed by atoms with van der Waals surface area (Å²) in [4.78, 5) is 19.8. The van der Waals surface area contributed by atoms with Crippen molar-refractivity contribution >= 4 is 5.91 Å². The second kappa shape index (κ2) is 8.46. The molecule has 1 N–H and O–H groups in total. The molecule has 0 saturated carbocycles. The Morgan fingerprint density at radius 2 is 2.31 bits per heavy atom. The van der Waals surface area contributed by atoms with Crippen molar-refractivity contribution in [1.82, 2.24) is 29.8 Å². The first-order valence-electron chi connectivity index (χ1n) is 9.05. The van der Waals surface area contributed by atoms with E-state index in [4.69, 9.17) is 4.74 Å². The Balaban J connectivity index is 1.61. The summed E-state index contributed by atoms with van der Waals surface area (Å²) in [6, 6.07) is 3.96. The number of nitrogens with zero attached hydrogens (tertiary/aromatic N) is 5. The standard InChI is InChI=1S/C18H28N6O2/c1-22(2)9-10-26-13-14-11-24(12-16-18(14)23(3)21-20-16)17(25)7-6-15-5-4-8-19-15/h4-5,8,14,19H,6-7,9-13H2,1-3H3. The van der Waals surface area contributed by atoms with Gasteiger partial charge in [-0.1, -0.05) is 5.21 Å². The van der Waals surface area contributed by atoms with Gasteiger partial charge in [0.05, 0.1) is 25.5 Å². The number of fused-ring (bicyclic) bond motifs is 1. The predicted molar refractivity (Wildman–Crippen MR) is 97.6 cm³/mol. The number of aromatic nitrogens is 4. The van der Waals surface area contributed by atoms with Crippen LogP contribution in [0.15, 0.2) is 18.3 Å². The van der Waals surface area contributed by atoms with Crippen LogP contribution < -0.4 is 0 Å². The van der Waals surface area contributed by atoms with Gasteiger partial charge in [-0.3, -0.25) is 9.48 Å². The van der Waals surface area contributed by atoms with Gasteiger partial charge in [-0.15, -0.1) is 5.10 Å². The maximum atomic E-state index is 12.7. The lowest BCUT2D eigenvalue weighted by Crippen LogP contribution is -2.40. The molecule has 1 aliphatic rings. The largest absolute Gasteiger partial charge is 0.379 e. The van der Waals surface area contributed by atoms with E-state index in [1.807, 2.05) is 49.1 Å². The first kappa shape index (κ1) is 18.6. The van der Waals surface area contributed by atoms with E-state index in [9.17, 15) is 4.79 Å². The highest BCUT2D eigenvalue weighted by Gasteiger charge is 2.32. The molecule has 0 spiro atoms. The zero-order valence-corrected chi connectivity index (χ0v) is 15.8. The van der Waals surface area contributed by atoms with Crippen LogP contribution in [-0.2, 0) is 29.5 Å². The second-order valence-corrected chi connectivity index (χ2v) is 7.09. The Labute approximate surface area is 154 Å². The molecule has 0 radical (unpaired) electrons. The van der Waals surface area contributed by atoms with Gasteiger partial charge in [0.1, 0.15) is 5.69 Å². The van der Waals surface area contributed by atoms with Gasteiger partial charge in [0.2, 0.25) is 5.91 Å². The average Bonchev–Trinajstić information content (AvgIpc) is 3.26. The van der Waals surface area contributed by atoms with Crippen molar-refractivity contribution < 1.29 is 9.53 Å². The minimum atomic E-state index is 0.107. The van der Waals surface area contributed by atoms with E-state index >= 15 is 0 Å². The zero-order chi connectivity index (χ0) is 18.5. The molecule has 2 aromatic heterocycles.